The number of hydrogen-bond acceptors (Lipinski definition) is 3. The van der Waals surface area contributed by atoms with Crippen molar-refractivity contribution in [2.75, 3.05) is 19.6 Å². The molecular weight excluding hydrogens is 389 g/mol. The first-order valence-electron chi connectivity index (χ1n) is 10.9. The van der Waals surface area contributed by atoms with Gasteiger partial charge in [-0.25, -0.2) is 0 Å². The maximum absolute atomic E-state index is 15.0. The van der Waals surface area contributed by atoms with E-state index in [9.17, 15) is 5.11 Å². The van der Waals surface area contributed by atoms with Crippen molar-refractivity contribution in [2.45, 2.75) is 31.0 Å². The molecule has 30 heavy (non-hydrogen) atoms. The molecule has 1 aliphatic rings. The fourth-order valence-electron chi connectivity index (χ4n) is 4.52. The predicted octanol–water partition coefficient (Wildman–Crippen LogP) is 4.59. The standard InChI is InChI=1S/C26H30NO2P/c28-26(22-13-5-1-6-14-22)25(21-27-19-11-4-12-20-27)30(29,23-15-7-2-8-16-23)24-17-9-3-10-18-24/h1-3,5-10,13-18,25-26,28H,4,11-12,19-21H2/t25-,26+/m1/s1. The minimum atomic E-state index is -3.11. The van der Waals surface area contributed by atoms with E-state index < -0.39 is 18.9 Å². The molecule has 0 unspecified atom stereocenters. The number of hydrogen-bond donors (Lipinski definition) is 1. The lowest BCUT2D eigenvalue weighted by Gasteiger charge is -2.37. The summed E-state index contributed by atoms with van der Waals surface area (Å²) in [5, 5.41) is 13.2. The maximum Gasteiger partial charge on any atom is 0.150 e. The molecule has 1 saturated heterocycles. The second-order valence-corrected chi connectivity index (χ2v) is 11.1. The van der Waals surface area contributed by atoms with Crippen molar-refractivity contribution in [2.24, 2.45) is 0 Å². The lowest BCUT2D eigenvalue weighted by Crippen LogP contribution is -2.42. The molecule has 0 aromatic heterocycles. The van der Waals surface area contributed by atoms with Gasteiger partial charge < -0.3 is 14.6 Å². The van der Waals surface area contributed by atoms with Crippen LogP contribution in [0.15, 0.2) is 91.0 Å². The molecule has 1 heterocycles. The Hall–Kier alpha value is -2.19. The van der Waals surface area contributed by atoms with Crippen molar-refractivity contribution in [3.63, 3.8) is 0 Å². The van der Waals surface area contributed by atoms with E-state index >= 15 is 4.57 Å². The Morgan fingerprint density at radius 3 is 1.70 bits per heavy atom. The van der Waals surface area contributed by atoms with Gasteiger partial charge in [0.05, 0.1) is 11.8 Å². The molecule has 3 nitrogen and oxygen atoms in total. The van der Waals surface area contributed by atoms with Gasteiger partial charge in [0.2, 0.25) is 0 Å². The SMILES string of the molecule is O=P(c1ccccc1)(c1ccccc1)[C@H](CN1CCCCC1)[C@@H](O)c1ccccc1. The Labute approximate surface area is 179 Å². The molecule has 0 spiro atoms. The van der Waals surface area contributed by atoms with E-state index in [0.29, 0.717) is 6.54 Å². The van der Waals surface area contributed by atoms with E-state index in [0.717, 1.165) is 42.1 Å². The van der Waals surface area contributed by atoms with Gasteiger partial charge in [-0.05, 0) is 31.5 Å². The molecule has 2 atom stereocenters. The van der Waals surface area contributed by atoms with Gasteiger partial charge in [0.25, 0.3) is 0 Å². The number of benzene rings is 3. The van der Waals surface area contributed by atoms with Crippen molar-refractivity contribution in [1.82, 2.24) is 4.90 Å². The lowest BCUT2D eigenvalue weighted by atomic mass is 10.0. The Bertz CT molecular complexity index is 913. The molecule has 0 amide bonds. The van der Waals surface area contributed by atoms with Crippen molar-refractivity contribution < 1.29 is 9.67 Å². The fourth-order valence-corrected chi connectivity index (χ4v) is 7.85. The van der Waals surface area contributed by atoms with Gasteiger partial charge in [-0.1, -0.05) is 97.4 Å². The highest BCUT2D eigenvalue weighted by Gasteiger charge is 2.42. The summed E-state index contributed by atoms with van der Waals surface area (Å²) in [6.07, 6.45) is 2.76. The maximum atomic E-state index is 15.0. The normalized spacial score (nSPS) is 17.4. The quantitative estimate of drug-likeness (QED) is 0.570. The first kappa shape index (κ1) is 21.1. The van der Waals surface area contributed by atoms with Crippen LogP contribution in [0.1, 0.15) is 30.9 Å². The molecule has 3 aromatic carbocycles. The van der Waals surface area contributed by atoms with Crippen LogP contribution < -0.4 is 10.6 Å². The highest BCUT2D eigenvalue weighted by atomic mass is 31.2. The average molecular weight is 420 g/mol. The van der Waals surface area contributed by atoms with Gasteiger partial charge in [-0.15, -0.1) is 0 Å². The van der Waals surface area contributed by atoms with Crippen molar-refractivity contribution in [1.29, 1.82) is 0 Å². The molecule has 0 saturated carbocycles. The Morgan fingerprint density at radius 2 is 1.20 bits per heavy atom. The fraction of sp³-hybridized carbons (Fsp3) is 0.308. The van der Waals surface area contributed by atoms with Gasteiger partial charge >= 0.3 is 0 Å². The van der Waals surface area contributed by atoms with Crippen molar-refractivity contribution >= 4 is 17.8 Å². The minimum Gasteiger partial charge on any atom is -0.388 e. The average Bonchev–Trinajstić information content (AvgIpc) is 2.84. The van der Waals surface area contributed by atoms with Crippen LogP contribution in [0.2, 0.25) is 0 Å². The number of rotatable bonds is 7. The zero-order valence-electron chi connectivity index (χ0n) is 17.3. The summed E-state index contributed by atoms with van der Waals surface area (Å²) in [7, 11) is -3.11. The van der Waals surface area contributed by atoms with E-state index in [1.54, 1.807) is 0 Å². The minimum absolute atomic E-state index is 0.414. The lowest BCUT2D eigenvalue weighted by molar-refractivity contribution is 0.137. The van der Waals surface area contributed by atoms with E-state index in [4.69, 9.17) is 0 Å². The topological polar surface area (TPSA) is 40.5 Å². The molecule has 1 N–H and O–H groups in total. The summed E-state index contributed by atoms with van der Waals surface area (Å²) < 4.78 is 15.0. The molecule has 4 rings (SSSR count). The second kappa shape index (κ2) is 9.75. The van der Waals surface area contributed by atoms with Crippen LogP contribution in [0.5, 0.6) is 0 Å². The van der Waals surface area contributed by atoms with Crippen LogP contribution in [0.3, 0.4) is 0 Å². The van der Waals surface area contributed by atoms with E-state index in [1.807, 2.05) is 91.0 Å². The van der Waals surface area contributed by atoms with Crippen molar-refractivity contribution in [3.8, 4) is 0 Å². The second-order valence-electron chi connectivity index (χ2n) is 8.11. The third-order valence-electron chi connectivity index (χ3n) is 6.15. The zero-order valence-corrected chi connectivity index (χ0v) is 18.2. The molecule has 1 aliphatic heterocycles. The van der Waals surface area contributed by atoms with Crippen molar-refractivity contribution in [3.05, 3.63) is 96.6 Å². The van der Waals surface area contributed by atoms with Crippen LogP contribution in [0.25, 0.3) is 0 Å². The first-order valence-corrected chi connectivity index (χ1v) is 12.6. The number of piperidine rings is 1. The van der Waals surface area contributed by atoms with E-state index in [-0.39, 0.29) is 0 Å². The summed E-state index contributed by atoms with van der Waals surface area (Å²) >= 11 is 0. The van der Waals surface area contributed by atoms with Gasteiger partial charge in [-0.3, -0.25) is 0 Å². The highest BCUT2D eigenvalue weighted by molar-refractivity contribution is 7.79. The number of aliphatic hydroxyl groups is 1. The van der Waals surface area contributed by atoms with Gasteiger partial charge in [0.15, 0.2) is 0 Å². The first-order chi connectivity index (χ1) is 14.7. The Balaban J connectivity index is 1.83. The monoisotopic (exact) mass is 419 g/mol. The summed E-state index contributed by atoms with van der Waals surface area (Å²) in [6.45, 7) is 2.63. The molecular formula is C26H30NO2P. The summed E-state index contributed by atoms with van der Waals surface area (Å²) in [4.78, 5) is 2.39. The molecule has 3 aromatic rings. The highest BCUT2D eigenvalue weighted by Crippen LogP contribution is 2.53. The molecule has 156 valence electrons. The zero-order chi connectivity index (χ0) is 20.8. The van der Waals surface area contributed by atoms with Crippen LogP contribution in [0.4, 0.5) is 0 Å². The van der Waals surface area contributed by atoms with E-state index in [2.05, 4.69) is 4.90 Å². The number of aliphatic hydroxyl groups excluding tert-OH is 1. The van der Waals surface area contributed by atoms with Crippen LogP contribution in [-0.2, 0) is 4.57 Å². The van der Waals surface area contributed by atoms with Crippen LogP contribution in [-0.4, -0.2) is 35.3 Å². The van der Waals surface area contributed by atoms with Crippen LogP contribution in [0, 0.1) is 0 Å². The summed E-state index contributed by atoms with van der Waals surface area (Å²) in [5.74, 6) is 0. The predicted molar refractivity (Wildman–Crippen MR) is 125 cm³/mol. The van der Waals surface area contributed by atoms with Crippen LogP contribution >= 0.6 is 7.14 Å². The third-order valence-corrected chi connectivity index (χ3v) is 9.66. The smallest absolute Gasteiger partial charge is 0.150 e. The molecule has 0 bridgehead atoms. The largest absolute Gasteiger partial charge is 0.388 e. The molecule has 0 radical (unpaired) electrons. The summed E-state index contributed by atoms with van der Waals surface area (Å²) in [6, 6.07) is 29.2. The van der Waals surface area contributed by atoms with Gasteiger partial charge in [-0.2, -0.15) is 0 Å². The van der Waals surface area contributed by atoms with E-state index in [1.165, 1.54) is 6.42 Å². The summed E-state index contributed by atoms with van der Waals surface area (Å²) in [5.41, 5.74) is 0.411. The Morgan fingerprint density at radius 1 is 0.733 bits per heavy atom. The third kappa shape index (κ3) is 4.44. The Kier molecular flexibility index (Phi) is 6.84. The molecule has 1 fully saturated rings. The number of likely N-dealkylation sites (tertiary alicyclic amines) is 1. The number of nitrogens with zero attached hydrogens (tertiary/aromatic N) is 1. The molecule has 4 heteroatoms. The van der Waals surface area contributed by atoms with Gasteiger partial charge in [0, 0.05) is 17.2 Å². The van der Waals surface area contributed by atoms with Gasteiger partial charge in [0.1, 0.15) is 7.14 Å². The molecule has 0 aliphatic carbocycles.